The van der Waals surface area contributed by atoms with Gasteiger partial charge in [0.2, 0.25) is 5.91 Å². The van der Waals surface area contributed by atoms with E-state index in [1.807, 2.05) is 4.72 Å². The lowest BCUT2D eigenvalue weighted by molar-refractivity contribution is -0.120. The number of rotatable bonds is 2. The van der Waals surface area contributed by atoms with Crippen LogP contribution in [0.5, 0.6) is 0 Å². The first-order chi connectivity index (χ1) is 4.20. The van der Waals surface area contributed by atoms with Crippen LogP contribution in [0.3, 0.4) is 0 Å². The fraction of sp³-hybridized carbons (Fsp3) is 0.750. The van der Waals surface area contributed by atoms with Crippen LogP contribution in [0.1, 0.15) is 12.8 Å². The van der Waals surface area contributed by atoms with Gasteiger partial charge in [-0.3, -0.25) is 14.1 Å². The van der Waals surface area contributed by atoms with Gasteiger partial charge < -0.3 is 0 Å². The van der Waals surface area contributed by atoms with Crippen LogP contribution in [0.15, 0.2) is 0 Å². The van der Waals surface area contributed by atoms with E-state index >= 15 is 0 Å². The van der Waals surface area contributed by atoms with Gasteiger partial charge in [0.25, 0.3) is 11.3 Å². The number of carbonyl (C=O) groups is 1. The molecule has 0 spiro atoms. The topological polar surface area (TPSA) is 66.4 Å². The van der Waals surface area contributed by atoms with Crippen molar-refractivity contribution in [3.05, 3.63) is 0 Å². The summed E-state index contributed by atoms with van der Waals surface area (Å²) < 4.78 is 20.0. The molecule has 0 heterocycles. The van der Waals surface area contributed by atoms with Crippen LogP contribution in [0.4, 0.5) is 0 Å². The molecule has 9 heavy (non-hydrogen) atoms. The summed E-state index contributed by atoms with van der Waals surface area (Å²) in [4.78, 5) is 10.6. The van der Waals surface area contributed by atoms with Crippen molar-refractivity contribution in [2.24, 2.45) is 5.92 Å². The Morgan fingerprint density at radius 3 is 2.56 bits per heavy atom. The van der Waals surface area contributed by atoms with E-state index < -0.39 is 11.3 Å². The first-order valence-corrected chi connectivity index (χ1v) is 3.72. The van der Waals surface area contributed by atoms with Crippen molar-refractivity contribution in [2.45, 2.75) is 12.8 Å². The highest BCUT2D eigenvalue weighted by molar-refractivity contribution is 7.77. The highest BCUT2D eigenvalue weighted by Gasteiger charge is 2.30. The second-order valence-electron chi connectivity index (χ2n) is 1.99. The van der Waals surface area contributed by atoms with E-state index in [-0.39, 0.29) is 11.8 Å². The third-order valence-corrected chi connectivity index (χ3v) is 1.51. The molecule has 1 atom stereocenters. The van der Waals surface area contributed by atoms with Gasteiger partial charge in [-0.05, 0) is 12.8 Å². The monoisotopic (exact) mass is 149 g/mol. The first-order valence-electron chi connectivity index (χ1n) is 2.61. The number of hydrogen-bond acceptors (Lipinski definition) is 2. The van der Waals surface area contributed by atoms with Crippen LogP contribution in [-0.4, -0.2) is 14.7 Å². The fourth-order valence-corrected chi connectivity index (χ4v) is 0.854. The third-order valence-electron chi connectivity index (χ3n) is 1.14. The quantitative estimate of drug-likeness (QED) is 0.527. The van der Waals surface area contributed by atoms with Gasteiger partial charge in [-0.15, -0.1) is 0 Å². The van der Waals surface area contributed by atoms with Gasteiger partial charge in [-0.25, -0.2) is 4.21 Å². The average molecular weight is 149 g/mol. The second kappa shape index (κ2) is 2.45. The average Bonchev–Trinajstić information content (AvgIpc) is 2.40. The Balaban J connectivity index is 2.26. The third kappa shape index (κ3) is 2.11. The van der Waals surface area contributed by atoms with Crippen molar-refractivity contribution < 1.29 is 13.6 Å². The molecule has 52 valence electrons. The van der Waals surface area contributed by atoms with Crippen molar-refractivity contribution >= 4 is 17.2 Å². The molecule has 0 aromatic carbocycles. The van der Waals surface area contributed by atoms with E-state index in [0.717, 1.165) is 12.8 Å². The van der Waals surface area contributed by atoms with Crippen molar-refractivity contribution in [3.8, 4) is 0 Å². The van der Waals surface area contributed by atoms with Gasteiger partial charge in [0.05, 0.1) is 0 Å². The Morgan fingerprint density at radius 2 is 2.22 bits per heavy atom. The molecule has 1 unspecified atom stereocenters. The summed E-state index contributed by atoms with van der Waals surface area (Å²) in [5.41, 5.74) is 0. The standard InChI is InChI=1S/C4H7NO3S/c6-4(3-1-2-3)5-9(7)8/h3H,1-2H2,(H,5,6)(H,7,8). The predicted molar refractivity (Wildman–Crippen MR) is 31.6 cm³/mol. The summed E-state index contributed by atoms with van der Waals surface area (Å²) in [5, 5.41) is 0. The minimum atomic E-state index is -2.18. The van der Waals surface area contributed by atoms with Gasteiger partial charge in [-0.2, -0.15) is 0 Å². The van der Waals surface area contributed by atoms with Crippen LogP contribution in [0, 0.1) is 5.92 Å². The molecule has 0 aromatic rings. The van der Waals surface area contributed by atoms with Crippen molar-refractivity contribution in [3.63, 3.8) is 0 Å². The summed E-state index contributed by atoms with van der Waals surface area (Å²) in [6, 6.07) is 0. The Hall–Kier alpha value is -0.420. The molecule has 1 aliphatic carbocycles. The zero-order valence-electron chi connectivity index (χ0n) is 4.66. The summed E-state index contributed by atoms with van der Waals surface area (Å²) in [6.45, 7) is 0. The summed E-state index contributed by atoms with van der Waals surface area (Å²) in [5.74, 6) is -0.308. The van der Waals surface area contributed by atoms with E-state index in [2.05, 4.69) is 0 Å². The maximum atomic E-state index is 10.6. The molecular formula is C4H7NO3S. The molecular weight excluding hydrogens is 142 g/mol. The minimum Gasteiger partial charge on any atom is -0.289 e. The fourth-order valence-electron chi connectivity index (χ4n) is 0.515. The van der Waals surface area contributed by atoms with Crippen LogP contribution >= 0.6 is 0 Å². The summed E-state index contributed by atoms with van der Waals surface area (Å²) in [6.07, 6.45) is 1.70. The SMILES string of the molecule is O=C(NS(=O)O)C1CC1. The lowest BCUT2D eigenvalue weighted by Gasteiger charge is -1.93. The zero-order chi connectivity index (χ0) is 6.85. The smallest absolute Gasteiger partial charge is 0.261 e. The van der Waals surface area contributed by atoms with Gasteiger partial charge in [-0.1, -0.05) is 0 Å². The summed E-state index contributed by atoms with van der Waals surface area (Å²) in [7, 11) is 0. The molecule has 0 radical (unpaired) electrons. The van der Waals surface area contributed by atoms with Crippen molar-refractivity contribution in [2.75, 3.05) is 0 Å². The molecule has 1 rings (SSSR count). The second-order valence-corrected chi connectivity index (χ2v) is 2.69. The number of carbonyl (C=O) groups excluding carboxylic acids is 1. The lowest BCUT2D eigenvalue weighted by Crippen LogP contribution is -2.26. The van der Waals surface area contributed by atoms with E-state index in [9.17, 15) is 9.00 Å². The van der Waals surface area contributed by atoms with Gasteiger partial charge >= 0.3 is 0 Å². The number of hydrogen-bond donors (Lipinski definition) is 2. The molecule has 1 aliphatic rings. The molecule has 4 nitrogen and oxygen atoms in total. The normalized spacial score (nSPS) is 21.0. The lowest BCUT2D eigenvalue weighted by atomic mass is 10.4. The maximum absolute atomic E-state index is 10.6. The van der Waals surface area contributed by atoms with Crippen LogP contribution < -0.4 is 4.72 Å². The molecule has 0 saturated heterocycles. The van der Waals surface area contributed by atoms with Crippen molar-refractivity contribution in [1.29, 1.82) is 0 Å². The van der Waals surface area contributed by atoms with E-state index in [1.54, 1.807) is 0 Å². The number of amides is 1. The molecule has 0 aliphatic heterocycles. The molecule has 1 saturated carbocycles. The largest absolute Gasteiger partial charge is 0.289 e. The predicted octanol–water partition coefficient (Wildman–Crippen LogP) is -0.351. The molecule has 0 bridgehead atoms. The van der Waals surface area contributed by atoms with E-state index in [0.29, 0.717) is 0 Å². The minimum absolute atomic E-state index is 0.00102. The molecule has 5 heteroatoms. The van der Waals surface area contributed by atoms with E-state index in [1.165, 1.54) is 0 Å². The molecule has 2 N–H and O–H groups in total. The van der Waals surface area contributed by atoms with Gasteiger partial charge in [0, 0.05) is 5.92 Å². The molecule has 1 fully saturated rings. The van der Waals surface area contributed by atoms with E-state index in [4.69, 9.17) is 4.55 Å². The molecule has 0 aromatic heterocycles. The molecule has 1 amide bonds. The van der Waals surface area contributed by atoms with Crippen LogP contribution in [0.25, 0.3) is 0 Å². The zero-order valence-corrected chi connectivity index (χ0v) is 5.48. The van der Waals surface area contributed by atoms with Crippen molar-refractivity contribution in [1.82, 2.24) is 4.72 Å². The maximum Gasteiger partial charge on any atom is 0.261 e. The highest BCUT2D eigenvalue weighted by atomic mass is 32.2. The van der Waals surface area contributed by atoms with Crippen LogP contribution in [-0.2, 0) is 16.1 Å². The Kier molecular flexibility index (Phi) is 1.82. The Labute approximate surface area is 55.1 Å². The van der Waals surface area contributed by atoms with Crippen LogP contribution in [0.2, 0.25) is 0 Å². The Morgan fingerprint density at radius 1 is 1.67 bits per heavy atom. The highest BCUT2D eigenvalue weighted by Crippen LogP contribution is 2.28. The summed E-state index contributed by atoms with van der Waals surface area (Å²) >= 11 is -2.18. The number of nitrogens with one attached hydrogen (secondary N) is 1. The van der Waals surface area contributed by atoms with Gasteiger partial charge in [0.15, 0.2) is 0 Å². The Bertz CT molecular complexity index is 154. The first kappa shape index (κ1) is 6.70. The van der Waals surface area contributed by atoms with Gasteiger partial charge in [0.1, 0.15) is 0 Å².